The van der Waals surface area contributed by atoms with Gasteiger partial charge in [0, 0.05) is 22.8 Å². The molecule has 2 N–H and O–H groups in total. The number of allylic oxidation sites excluding steroid dienone is 3. The Balaban J connectivity index is 1.96. The Morgan fingerprint density at radius 3 is 2.44 bits per heavy atom. The van der Waals surface area contributed by atoms with Crippen molar-refractivity contribution in [2.75, 3.05) is 10.6 Å². The second kappa shape index (κ2) is 8.03. The van der Waals surface area contributed by atoms with Gasteiger partial charge in [-0.15, -0.1) is 0 Å². The second-order valence-electron chi connectivity index (χ2n) is 10.7. The zero-order valence-corrected chi connectivity index (χ0v) is 21.5. The number of pyridine rings is 1. The lowest BCUT2D eigenvalue weighted by molar-refractivity contribution is 0.356. The minimum Gasteiger partial charge on any atom is -0.383 e. The first-order valence-electron chi connectivity index (χ1n) is 11.9. The summed E-state index contributed by atoms with van der Waals surface area (Å²) in [5.41, 5.74) is 16.0. The molecule has 0 saturated heterocycles. The van der Waals surface area contributed by atoms with Crippen LogP contribution in [0, 0.1) is 36.5 Å². The average molecular weight is 452 g/mol. The fourth-order valence-corrected chi connectivity index (χ4v) is 6.10. The number of aromatic nitrogens is 1. The number of aryl methyl sites for hydroxylation is 1. The van der Waals surface area contributed by atoms with E-state index < -0.39 is 0 Å². The van der Waals surface area contributed by atoms with Gasteiger partial charge in [0.25, 0.3) is 0 Å². The van der Waals surface area contributed by atoms with Crippen molar-refractivity contribution in [3.8, 4) is 12.1 Å². The number of nitrogens with zero attached hydrogens (tertiary/aromatic N) is 4. The fourth-order valence-electron chi connectivity index (χ4n) is 6.10. The van der Waals surface area contributed by atoms with Crippen molar-refractivity contribution >= 4 is 28.7 Å². The maximum Gasteiger partial charge on any atom is 0.142 e. The smallest absolute Gasteiger partial charge is 0.142 e. The molecular weight excluding hydrogens is 418 g/mol. The van der Waals surface area contributed by atoms with Gasteiger partial charge in [-0.3, -0.25) is 0 Å². The van der Waals surface area contributed by atoms with E-state index in [-0.39, 0.29) is 11.4 Å². The molecule has 5 heteroatoms. The molecule has 1 atom stereocenters. The topological polar surface area (TPSA) is 89.7 Å². The van der Waals surface area contributed by atoms with Gasteiger partial charge in [0.05, 0.1) is 16.8 Å². The molecule has 34 heavy (non-hydrogen) atoms. The van der Waals surface area contributed by atoms with Crippen LogP contribution < -0.4 is 10.6 Å². The van der Waals surface area contributed by atoms with E-state index in [1.165, 1.54) is 16.8 Å². The highest BCUT2D eigenvalue weighted by Crippen LogP contribution is 2.47. The van der Waals surface area contributed by atoms with Gasteiger partial charge in [0.15, 0.2) is 0 Å². The van der Waals surface area contributed by atoms with Gasteiger partial charge in [0.1, 0.15) is 18.0 Å². The molecule has 1 aromatic carbocycles. The maximum absolute atomic E-state index is 9.87. The standard InChI is InChI=1S/C29H33N5/c1-15(2)34-25-9-16(3)20(10-21(25)17(4)12-29(34,7)8)11-22-18(5)23(13-30)27-26(22)19(6)24(14-31)28(32)33-27/h9-11,15,17H,12H2,1-8H3,(H2,32,33)/b22-11-/t17-/m0/s1. The molecule has 0 fully saturated rings. The van der Waals surface area contributed by atoms with E-state index in [4.69, 9.17) is 5.73 Å². The highest BCUT2D eigenvalue weighted by atomic mass is 15.2. The largest absolute Gasteiger partial charge is 0.383 e. The number of rotatable bonds is 2. The van der Waals surface area contributed by atoms with E-state index in [1.54, 1.807) is 0 Å². The van der Waals surface area contributed by atoms with E-state index in [9.17, 15) is 10.5 Å². The van der Waals surface area contributed by atoms with Crippen LogP contribution in [0.15, 0.2) is 17.7 Å². The molecule has 2 aliphatic rings. The van der Waals surface area contributed by atoms with Gasteiger partial charge < -0.3 is 10.6 Å². The predicted molar refractivity (Wildman–Crippen MR) is 140 cm³/mol. The summed E-state index contributed by atoms with van der Waals surface area (Å²) in [5, 5.41) is 19.5. The number of benzene rings is 1. The van der Waals surface area contributed by atoms with Crippen LogP contribution in [-0.4, -0.2) is 16.6 Å². The first-order chi connectivity index (χ1) is 15.9. The zero-order chi connectivity index (χ0) is 25.1. The third-order valence-corrected chi connectivity index (χ3v) is 7.46. The molecule has 0 saturated carbocycles. The van der Waals surface area contributed by atoms with Crippen LogP contribution in [-0.2, 0) is 0 Å². The average Bonchev–Trinajstić information content (AvgIpc) is 2.99. The van der Waals surface area contributed by atoms with Gasteiger partial charge in [-0.1, -0.05) is 6.92 Å². The van der Waals surface area contributed by atoms with Crippen LogP contribution in [0.5, 0.6) is 0 Å². The lowest BCUT2D eigenvalue weighted by Crippen LogP contribution is -2.51. The molecule has 1 aliphatic carbocycles. The Hall–Kier alpha value is -3.57. The number of nitrogen functional groups attached to an aromatic ring is 1. The van der Waals surface area contributed by atoms with Crippen LogP contribution in [0.2, 0.25) is 0 Å². The summed E-state index contributed by atoms with van der Waals surface area (Å²) in [6.07, 6.45) is 3.25. The second-order valence-corrected chi connectivity index (χ2v) is 10.7. The fraction of sp³-hybridized carbons (Fsp3) is 0.414. The molecule has 0 spiro atoms. The summed E-state index contributed by atoms with van der Waals surface area (Å²) in [5.74, 6) is 0.615. The normalized spacial score (nSPS) is 19.8. The number of anilines is 2. The van der Waals surface area contributed by atoms with Gasteiger partial charge in [0.2, 0.25) is 0 Å². The van der Waals surface area contributed by atoms with Crippen LogP contribution in [0.1, 0.15) is 93.0 Å². The molecule has 2 heterocycles. The van der Waals surface area contributed by atoms with Crippen molar-refractivity contribution in [3.05, 3.63) is 56.8 Å². The van der Waals surface area contributed by atoms with E-state index in [0.29, 0.717) is 28.8 Å². The molecule has 4 rings (SSSR count). The SMILES string of the molecule is CC1=C(C#N)c2nc(N)c(C#N)c(C)c2/C1=C\c1cc2c(cc1C)N(C(C)C)C(C)(C)C[C@@H]2C. The molecule has 0 bridgehead atoms. The Kier molecular flexibility index (Phi) is 5.57. The summed E-state index contributed by atoms with van der Waals surface area (Å²) in [6.45, 7) is 17.5. The molecule has 5 nitrogen and oxygen atoms in total. The van der Waals surface area contributed by atoms with E-state index in [2.05, 4.69) is 81.8 Å². The lowest BCUT2D eigenvalue weighted by atomic mass is 9.78. The number of nitriles is 2. The van der Waals surface area contributed by atoms with E-state index in [1.807, 2.05) is 13.8 Å². The Morgan fingerprint density at radius 1 is 1.18 bits per heavy atom. The van der Waals surface area contributed by atoms with Crippen molar-refractivity contribution in [1.29, 1.82) is 10.5 Å². The van der Waals surface area contributed by atoms with Gasteiger partial charge >= 0.3 is 0 Å². The molecule has 174 valence electrons. The highest BCUT2D eigenvalue weighted by molar-refractivity contribution is 6.09. The predicted octanol–water partition coefficient (Wildman–Crippen LogP) is 6.50. The number of hydrogen-bond donors (Lipinski definition) is 1. The molecule has 0 amide bonds. The first kappa shape index (κ1) is 23.6. The van der Waals surface area contributed by atoms with Crippen molar-refractivity contribution in [2.45, 2.75) is 79.3 Å². The van der Waals surface area contributed by atoms with Crippen LogP contribution in [0.3, 0.4) is 0 Å². The van der Waals surface area contributed by atoms with Crippen molar-refractivity contribution in [2.24, 2.45) is 0 Å². The summed E-state index contributed by atoms with van der Waals surface area (Å²) < 4.78 is 0. The molecule has 0 unspecified atom stereocenters. The summed E-state index contributed by atoms with van der Waals surface area (Å²) in [6, 6.07) is 9.52. The van der Waals surface area contributed by atoms with Crippen molar-refractivity contribution in [3.63, 3.8) is 0 Å². The molecule has 0 radical (unpaired) electrons. The Morgan fingerprint density at radius 2 is 1.85 bits per heavy atom. The van der Waals surface area contributed by atoms with E-state index in [0.717, 1.165) is 34.3 Å². The van der Waals surface area contributed by atoms with Crippen molar-refractivity contribution in [1.82, 2.24) is 4.98 Å². The Labute approximate surface area is 203 Å². The quantitative estimate of drug-likeness (QED) is 0.562. The van der Waals surface area contributed by atoms with Gasteiger partial charge in [-0.2, -0.15) is 10.5 Å². The number of nitrogens with two attached hydrogens (primary N) is 1. The molecular formula is C29H33N5. The Bertz CT molecular complexity index is 1360. The van der Waals surface area contributed by atoms with Crippen molar-refractivity contribution < 1.29 is 0 Å². The highest BCUT2D eigenvalue weighted by Gasteiger charge is 2.38. The molecule has 1 aliphatic heterocycles. The zero-order valence-electron chi connectivity index (χ0n) is 21.5. The summed E-state index contributed by atoms with van der Waals surface area (Å²) in [7, 11) is 0. The maximum atomic E-state index is 9.87. The summed E-state index contributed by atoms with van der Waals surface area (Å²) >= 11 is 0. The number of hydrogen-bond acceptors (Lipinski definition) is 5. The van der Waals surface area contributed by atoms with Crippen LogP contribution in [0.4, 0.5) is 11.5 Å². The summed E-state index contributed by atoms with van der Waals surface area (Å²) in [4.78, 5) is 7.01. The van der Waals surface area contributed by atoms with Gasteiger partial charge in [-0.05, 0) is 112 Å². The third kappa shape index (κ3) is 3.39. The third-order valence-electron chi connectivity index (χ3n) is 7.46. The molecule has 1 aromatic heterocycles. The minimum absolute atomic E-state index is 0.0921. The van der Waals surface area contributed by atoms with E-state index >= 15 is 0 Å². The van der Waals surface area contributed by atoms with Crippen LogP contribution in [0.25, 0.3) is 17.2 Å². The first-order valence-corrected chi connectivity index (χ1v) is 11.9. The molecule has 2 aromatic rings. The minimum atomic E-state index is 0.0921. The number of fused-ring (bicyclic) bond motifs is 2. The van der Waals surface area contributed by atoms with Gasteiger partial charge in [-0.25, -0.2) is 4.98 Å². The lowest BCUT2D eigenvalue weighted by Gasteiger charge is -2.50. The monoisotopic (exact) mass is 451 g/mol. The van der Waals surface area contributed by atoms with Crippen LogP contribution >= 0.6 is 0 Å².